The highest BCUT2D eigenvalue weighted by Gasteiger charge is 2.13. The molecule has 4 heteroatoms. The van der Waals surface area contributed by atoms with Gasteiger partial charge in [-0.2, -0.15) is 0 Å². The van der Waals surface area contributed by atoms with Crippen molar-refractivity contribution in [2.75, 3.05) is 11.4 Å². The molecule has 0 aliphatic heterocycles. The third-order valence-corrected chi connectivity index (χ3v) is 3.10. The number of nitrogens with zero attached hydrogens (tertiary/aromatic N) is 1. The minimum absolute atomic E-state index is 0.327. The van der Waals surface area contributed by atoms with Gasteiger partial charge in [-0.1, -0.05) is 6.07 Å². The summed E-state index contributed by atoms with van der Waals surface area (Å²) in [6.45, 7) is 4.78. The lowest BCUT2D eigenvalue weighted by molar-refractivity contribution is 0.199. The van der Waals surface area contributed by atoms with Gasteiger partial charge < -0.3 is 14.4 Å². The molecule has 0 saturated heterocycles. The molecule has 2 rings (SSSR count). The highest BCUT2D eigenvalue weighted by molar-refractivity contribution is 5.49. The highest BCUT2D eigenvalue weighted by atomic mass is 19.1. The van der Waals surface area contributed by atoms with E-state index in [-0.39, 0.29) is 5.82 Å². The monoisotopic (exact) mass is 263 g/mol. The van der Waals surface area contributed by atoms with Gasteiger partial charge in [0.1, 0.15) is 11.6 Å². The maximum Gasteiger partial charge on any atom is 0.146 e. The van der Waals surface area contributed by atoms with E-state index in [1.807, 2.05) is 24.0 Å². The molecule has 0 radical (unpaired) electrons. The van der Waals surface area contributed by atoms with Gasteiger partial charge in [-0.05, 0) is 43.7 Å². The van der Waals surface area contributed by atoms with Crippen molar-refractivity contribution < 1.29 is 13.9 Å². The third kappa shape index (κ3) is 3.15. The Morgan fingerprint density at radius 1 is 1.37 bits per heavy atom. The molecule has 0 aliphatic carbocycles. The molecular formula is C15H18FNO2. The maximum absolute atomic E-state index is 14.1. The molecule has 0 spiro atoms. The SMILES string of the molecule is CCN(Cc1ccco1)c1ccc([C@@H](C)O)cc1F. The van der Waals surface area contributed by atoms with Crippen molar-refractivity contribution in [3.63, 3.8) is 0 Å². The van der Waals surface area contributed by atoms with Gasteiger partial charge >= 0.3 is 0 Å². The van der Waals surface area contributed by atoms with E-state index < -0.39 is 6.10 Å². The van der Waals surface area contributed by atoms with Crippen LogP contribution in [0.3, 0.4) is 0 Å². The Balaban J connectivity index is 2.23. The van der Waals surface area contributed by atoms with E-state index in [1.54, 1.807) is 25.3 Å². The smallest absolute Gasteiger partial charge is 0.146 e. The van der Waals surface area contributed by atoms with Gasteiger partial charge in [-0.25, -0.2) is 4.39 Å². The van der Waals surface area contributed by atoms with E-state index in [2.05, 4.69) is 0 Å². The van der Waals surface area contributed by atoms with Crippen LogP contribution in [0.5, 0.6) is 0 Å². The molecular weight excluding hydrogens is 245 g/mol. The zero-order valence-electron chi connectivity index (χ0n) is 11.1. The molecule has 1 atom stereocenters. The minimum Gasteiger partial charge on any atom is -0.467 e. The van der Waals surface area contributed by atoms with E-state index in [0.717, 1.165) is 5.76 Å². The van der Waals surface area contributed by atoms with E-state index >= 15 is 0 Å². The first-order chi connectivity index (χ1) is 9.11. The summed E-state index contributed by atoms with van der Waals surface area (Å²) < 4.78 is 19.4. The van der Waals surface area contributed by atoms with Gasteiger partial charge in [0.25, 0.3) is 0 Å². The van der Waals surface area contributed by atoms with Gasteiger partial charge in [0, 0.05) is 6.54 Å². The number of hydrogen-bond acceptors (Lipinski definition) is 3. The second-order valence-corrected chi connectivity index (χ2v) is 4.48. The quantitative estimate of drug-likeness (QED) is 0.897. The fourth-order valence-corrected chi connectivity index (χ4v) is 2.00. The van der Waals surface area contributed by atoms with Crippen molar-refractivity contribution in [1.82, 2.24) is 0 Å². The second kappa shape index (κ2) is 5.89. The highest BCUT2D eigenvalue weighted by Crippen LogP contribution is 2.24. The van der Waals surface area contributed by atoms with Gasteiger partial charge in [-0.3, -0.25) is 0 Å². The molecule has 1 heterocycles. The lowest BCUT2D eigenvalue weighted by Crippen LogP contribution is -2.22. The number of halogens is 1. The van der Waals surface area contributed by atoms with Crippen LogP contribution in [0.15, 0.2) is 41.0 Å². The van der Waals surface area contributed by atoms with Gasteiger partial charge in [0.2, 0.25) is 0 Å². The number of benzene rings is 1. The molecule has 1 aromatic carbocycles. The fourth-order valence-electron chi connectivity index (χ4n) is 2.00. The molecule has 0 aliphatic rings. The predicted molar refractivity (Wildman–Crippen MR) is 72.5 cm³/mol. The number of hydrogen-bond donors (Lipinski definition) is 1. The van der Waals surface area contributed by atoms with Crippen molar-refractivity contribution in [2.45, 2.75) is 26.5 Å². The Hall–Kier alpha value is -1.81. The normalized spacial score (nSPS) is 12.4. The van der Waals surface area contributed by atoms with Crippen LogP contribution in [0, 0.1) is 5.82 Å². The van der Waals surface area contributed by atoms with E-state index in [0.29, 0.717) is 24.3 Å². The van der Waals surface area contributed by atoms with Crippen molar-refractivity contribution in [2.24, 2.45) is 0 Å². The summed E-state index contributed by atoms with van der Waals surface area (Å²) in [5.74, 6) is 0.465. The number of anilines is 1. The lowest BCUT2D eigenvalue weighted by atomic mass is 10.1. The summed E-state index contributed by atoms with van der Waals surface area (Å²) in [7, 11) is 0. The first kappa shape index (κ1) is 13.6. The van der Waals surface area contributed by atoms with Crippen LogP contribution in [-0.4, -0.2) is 11.7 Å². The van der Waals surface area contributed by atoms with E-state index in [9.17, 15) is 9.50 Å². The number of aliphatic hydroxyl groups is 1. The molecule has 102 valence electrons. The Bertz CT molecular complexity index is 523. The Labute approximate surface area is 112 Å². The van der Waals surface area contributed by atoms with Crippen LogP contribution in [0.4, 0.5) is 10.1 Å². The molecule has 0 saturated carbocycles. The van der Waals surface area contributed by atoms with E-state index in [4.69, 9.17) is 4.42 Å². The molecule has 0 fully saturated rings. The van der Waals surface area contributed by atoms with Crippen LogP contribution in [0.2, 0.25) is 0 Å². The zero-order valence-corrected chi connectivity index (χ0v) is 11.1. The summed E-state index contributed by atoms with van der Waals surface area (Å²) in [5.41, 5.74) is 1.10. The molecule has 19 heavy (non-hydrogen) atoms. The van der Waals surface area contributed by atoms with Gasteiger partial charge in [0.05, 0.1) is 24.6 Å². The fraction of sp³-hybridized carbons (Fsp3) is 0.333. The zero-order chi connectivity index (χ0) is 13.8. The molecule has 1 N–H and O–H groups in total. The molecule has 0 bridgehead atoms. The maximum atomic E-state index is 14.1. The van der Waals surface area contributed by atoms with Crippen molar-refractivity contribution in [1.29, 1.82) is 0 Å². The average Bonchev–Trinajstić information content (AvgIpc) is 2.89. The van der Waals surface area contributed by atoms with Crippen LogP contribution >= 0.6 is 0 Å². The third-order valence-electron chi connectivity index (χ3n) is 3.10. The first-order valence-corrected chi connectivity index (χ1v) is 6.36. The van der Waals surface area contributed by atoms with Gasteiger partial charge in [-0.15, -0.1) is 0 Å². The summed E-state index contributed by atoms with van der Waals surface area (Å²) in [5, 5.41) is 9.45. The first-order valence-electron chi connectivity index (χ1n) is 6.36. The summed E-state index contributed by atoms with van der Waals surface area (Å²) in [6.07, 6.45) is 0.944. The van der Waals surface area contributed by atoms with Crippen LogP contribution in [0.25, 0.3) is 0 Å². The summed E-state index contributed by atoms with van der Waals surface area (Å²) >= 11 is 0. The molecule has 0 unspecified atom stereocenters. The largest absolute Gasteiger partial charge is 0.467 e. The molecule has 1 aromatic heterocycles. The molecule has 0 amide bonds. The van der Waals surface area contributed by atoms with Crippen LogP contribution in [0.1, 0.15) is 31.3 Å². The van der Waals surface area contributed by atoms with Gasteiger partial charge in [0.15, 0.2) is 0 Å². The second-order valence-electron chi connectivity index (χ2n) is 4.48. The average molecular weight is 263 g/mol. The van der Waals surface area contributed by atoms with Crippen molar-refractivity contribution >= 4 is 5.69 Å². The Kier molecular flexibility index (Phi) is 4.22. The molecule has 2 aromatic rings. The lowest BCUT2D eigenvalue weighted by Gasteiger charge is -2.23. The number of aliphatic hydroxyl groups excluding tert-OH is 1. The van der Waals surface area contributed by atoms with E-state index in [1.165, 1.54) is 6.07 Å². The summed E-state index contributed by atoms with van der Waals surface area (Å²) in [4.78, 5) is 1.89. The molecule has 3 nitrogen and oxygen atoms in total. The topological polar surface area (TPSA) is 36.6 Å². The minimum atomic E-state index is -0.663. The number of furan rings is 1. The Morgan fingerprint density at radius 2 is 2.16 bits per heavy atom. The van der Waals surface area contributed by atoms with Crippen molar-refractivity contribution in [3.05, 3.63) is 53.7 Å². The predicted octanol–water partition coefficient (Wildman–Crippen LogP) is 3.50. The Morgan fingerprint density at radius 3 is 2.68 bits per heavy atom. The number of rotatable bonds is 5. The summed E-state index contributed by atoms with van der Waals surface area (Å²) in [6, 6.07) is 8.50. The van der Waals surface area contributed by atoms with Crippen LogP contribution in [-0.2, 0) is 6.54 Å². The van der Waals surface area contributed by atoms with Crippen LogP contribution < -0.4 is 4.90 Å². The standard InChI is InChI=1S/C15H18FNO2/c1-3-17(10-13-5-4-8-19-13)15-7-6-12(11(2)18)9-14(15)16/h4-9,11,18H,3,10H2,1-2H3/t11-/m1/s1. The van der Waals surface area contributed by atoms with Crippen molar-refractivity contribution in [3.8, 4) is 0 Å².